The number of aryl methyl sites for hydroxylation is 1. The lowest BCUT2D eigenvalue weighted by molar-refractivity contribution is -0.121. The van der Waals surface area contributed by atoms with E-state index >= 15 is 0 Å². The molecule has 4 aromatic rings. The van der Waals surface area contributed by atoms with E-state index in [1.807, 2.05) is 43.3 Å². The number of rotatable bonds is 5. The monoisotopic (exact) mass is 432 g/mol. The minimum absolute atomic E-state index is 0.0993. The lowest BCUT2D eigenvalue weighted by Crippen LogP contribution is -2.30. The number of carbonyl (C=O) groups excluding carboxylic acids is 1. The van der Waals surface area contributed by atoms with E-state index in [0.717, 1.165) is 16.8 Å². The van der Waals surface area contributed by atoms with Crippen LogP contribution in [0.1, 0.15) is 23.6 Å². The highest BCUT2D eigenvalue weighted by molar-refractivity contribution is 7.99. The van der Waals surface area contributed by atoms with Gasteiger partial charge in [0, 0.05) is 31.1 Å². The number of amides is 1. The molecule has 1 aliphatic rings. The van der Waals surface area contributed by atoms with Crippen LogP contribution in [0.4, 0.5) is 0 Å². The number of aromatic nitrogens is 5. The van der Waals surface area contributed by atoms with Crippen molar-refractivity contribution in [2.24, 2.45) is 0 Å². The number of thioether (sulfide) groups is 1. The number of nitrogens with zero attached hydrogens (tertiary/aromatic N) is 5. The Balaban J connectivity index is 1.40. The second-order valence-corrected chi connectivity index (χ2v) is 8.49. The standard InChI is InChI=1S/C22H20N6O2S/c1-14-3-2-4-16(9-14)28-20-18(12-25-28)21(30)27-17(13-31-22(27)26-20)10-19(29)24-11-15-5-7-23-8-6-15/h2-9,12,17H,10-11,13H2,1H3,(H,24,29). The summed E-state index contributed by atoms with van der Waals surface area (Å²) >= 11 is 1.49. The van der Waals surface area contributed by atoms with Crippen LogP contribution in [-0.2, 0) is 11.3 Å². The molecule has 1 N–H and O–H groups in total. The Morgan fingerprint density at radius 3 is 2.90 bits per heavy atom. The fraction of sp³-hybridized carbons (Fsp3) is 0.227. The molecule has 31 heavy (non-hydrogen) atoms. The van der Waals surface area contributed by atoms with Gasteiger partial charge in [-0.05, 0) is 42.3 Å². The van der Waals surface area contributed by atoms with Gasteiger partial charge in [-0.15, -0.1) is 0 Å². The van der Waals surface area contributed by atoms with E-state index < -0.39 is 0 Å². The Kier molecular flexibility index (Phi) is 5.03. The van der Waals surface area contributed by atoms with Gasteiger partial charge in [0.1, 0.15) is 5.39 Å². The first kappa shape index (κ1) is 19.5. The highest BCUT2D eigenvalue weighted by atomic mass is 32.2. The average molecular weight is 433 g/mol. The molecule has 3 aromatic heterocycles. The van der Waals surface area contributed by atoms with Crippen molar-refractivity contribution in [1.29, 1.82) is 0 Å². The number of nitrogens with one attached hydrogen (secondary N) is 1. The van der Waals surface area contributed by atoms with Gasteiger partial charge in [-0.3, -0.25) is 19.1 Å². The summed E-state index contributed by atoms with van der Waals surface area (Å²) < 4.78 is 3.33. The van der Waals surface area contributed by atoms with Crippen molar-refractivity contribution in [3.63, 3.8) is 0 Å². The largest absolute Gasteiger partial charge is 0.352 e. The molecule has 9 heteroatoms. The highest BCUT2D eigenvalue weighted by Crippen LogP contribution is 2.33. The molecule has 1 aromatic carbocycles. The van der Waals surface area contributed by atoms with E-state index in [4.69, 9.17) is 4.98 Å². The van der Waals surface area contributed by atoms with Crippen molar-refractivity contribution in [3.8, 4) is 5.69 Å². The van der Waals surface area contributed by atoms with Gasteiger partial charge < -0.3 is 5.32 Å². The molecular formula is C22H20N6O2S. The first-order valence-corrected chi connectivity index (χ1v) is 10.9. The second-order valence-electron chi connectivity index (χ2n) is 7.50. The molecule has 156 valence electrons. The third-order valence-corrected chi connectivity index (χ3v) is 6.37. The minimum Gasteiger partial charge on any atom is -0.352 e. The van der Waals surface area contributed by atoms with E-state index in [9.17, 15) is 9.59 Å². The average Bonchev–Trinajstić information content (AvgIpc) is 3.38. The summed E-state index contributed by atoms with van der Waals surface area (Å²) in [5.74, 6) is 0.535. The number of hydrogen-bond acceptors (Lipinski definition) is 6. The third kappa shape index (κ3) is 3.72. The number of carbonyl (C=O) groups is 1. The minimum atomic E-state index is -0.232. The van der Waals surface area contributed by atoms with Crippen molar-refractivity contribution in [1.82, 2.24) is 29.6 Å². The first-order valence-electron chi connectivity index (χ1n) is 9.96. The molecule has 5 rings (SSSR count). The Bertz CT molecular complexity index is 1330. The summed E-state index contributed by atoms with van der Waals surface area (Å²) in [5, 5.41) is 8.40. The van der Waals surface area contributed by atoms with Crippen molar-refractivity contribution in [3.05, 3.63) is 76.5 Å². The maximum Gasteiger partial charge on any atom is 0.265 e. The number of hydrogen-bond donors (Lipinski definition) is 1. The molecule has 8 nitrogen and oxygen atoms in total. The van der Waals surface area contributed by atoms with E-state index in [2.05, 4.69) is 15.4 Å². The predicted molar refractivity (Wildman–Crippen MR) is 118 cm³/mol. The quantitative estimate of drug-likeness (QED) is 0.487. The molecule has 0 saturated heterocycles. The first-order chi connectivity index (χ1) is 15.1. The van der Waals surface area contributed by atoms with Gasteiger partial charge in [-0.25, -0.2) is 9.67 Å². The van der Waals surface area contributed by atoms with E-state index in [1.165, 1.54) is 11.8 Å². The smallest absolute Gasteiger partial charge is 0.265 e. The third-order valence-electron chi connectivity index (χ3n) is 5.28. The number of fused-ring (bicyclic) bond motifs is 2. The predicted octanol–water partition coefficient (Wildman–Crippen LogP) is 2.64. The van der Waals surface area contributed by atoms with Gasteiger partial charge in [-0.2, -0.15) is 5.10 Å². The molecule has 1 aliphatic heterocycles. The van der Waals surface area contributed by atoms with Crippen molar-refractivity contribution >= 4 is 28.7 Å². The molecule has 1 amide bonds. The van der Waals surface area contributed by atoms with Crippen LogP contribution < -0.4 is 10.9 Å². The van der Waals surface area contributed by atoms with Crippen LogP contribution in [0.5, 0.6) is 0 Å². The molecular weight excluding hydrogens is 412 g/mol. The summed E-state index contributed by atoms with van der Waals surface area (Å²) in [6.07, 6.45) is 5.17. The molecule has 0 spiro atoms. The molecule has 0 bridgehead atoms. The maximum atomic E-state index is 13.2. The molecule has 0 fully saturated rings. The van der Waals surface area contributed by atoms with Gasteiger partial charge in [0.15, 0.2) is 10.8 Å². The van der Waals surface area contributed by atoms with Gasteiger partial charge >= 0.3 is 0 Å². The lowest BCUT2D eigenvalue weighted by atomic mass is 10.2. The Labute approximate surface area is 182 Å². The van der Waals surface area contributed by atoms with Crippen LogP contribution in [0.15, 0.2) is 64.9 Å². The van der Waals surface area contributed by atoms with Crippen LogP contribution in [-0.4, -0.2) is 36.0 Å². The topological polar surface area (TPSA) is 94.7 Å². The van der Waals surface area contributed by atoms with E-state index in [1.54, 1.807) is 27.8 Å². The van der Waals surface area contributed by atoms with Crippen molar-refractivity contribution in [2.45, 2.75) is 31.1 Å². The fourth-order valence-electron chi connectivity index (χ4n) is 3.72. The Morgan fingerprint density at radius 2 is 2.10 bits per heavy atom. The zero-order valence-electron chi connectivity index (χ0n) is 16.9. The van der Waals surface area contributed by atoms with E-state index in [-0.39, 0.29) is 23.9 Å². The number of pyridine rings is 1. The molecule has 0 saturated carbocycles. The Morgan fingerprint density at radius 1 is 1.26 bits per heavy atom. The van der Waals surface area contributed by atoms with Crippen molar-refractivity contribution in [2.75, 3.05) is 5.75 Å². The zero-order valence-corrected chi connectivity index (χ0v) is 17.7. The molecule has 0 aliphatic carbocycles. The van der Waals surface area contributed by atoms with Gasteiger partial charge in [0.05, 0.1) is 17.9 Å². The number of benzene rings is 1. The summed E-state index contributed by atoms with van der Waals surface area (Å²) in [5.41, 5.74) is 3.33. The second kappa shape index (κ2) is 7.99. The van der Waals surface area contributed by atoms with Crippen molar-refractivity contribution < 1.29 is 4.79 Å². The molecule has 1 atom stereocenters. The summed E-state index contributed by atoms with van der Waals surface area (Å²) in [6, 6.07) is 11.4. The van der Waals surface area contributed by atoms with E-state index in [0.29, 0.717) is 28.5 Å². The Hall–Kier alpha value is -3.46. The zero-order chi connectivity index (χ0) is 21.4. The van der Waals surface area contributed by atoms with Crippen LogP contribution in [0.25, 0.3) is 16.7 Å². The molecule has 0 radical (unpaired) electrons. The summed E-state index contributed by atoms with van der Waals surface area (Å²) in [6.45, 7) is 2.44. The summed E-state index contributed by atoms with van der Waals surface area (Å²) in [4.78, 5) is 34.4. The normalized spacial score (nSPS) is 15.2. The van der Waals surface area contributed by atoms with Gasteiger partial charge in [-0.1, -0.05) is 23.9 Å². The van der Waals surface area contributed by atoms with Gasteiger partial charge in [0.2, 0.25) is 5.91 Å². The molecule has 4 heterocycles. The maximum absolute atomic E-state index is 13.2. The SMILES string of the molecule is Cc1cccc(-n2ncc3c(=O)n4c(nc32)SCC4CC(=O)NCc2ccncc2)c1. The van der Waals surface area contributed by atoms with Crippen LogP contribution >= 0.6 is 11.8 Å². The summed E-state index contributed by atoms with van der Waals surface area (Å²) in [7, 11) is 0. The van der Waals surface area contributed by atoms with Crippen LogP contribution in [0.2, 0.25) is 0 Å². The highest BCUT2D eigenvalue weighted by Gasteiger charge is 2.29. The van der Waals surface area contributed by atoms with Crippen LogP contribution in [0.3, 0.4) is 0 Å². The van der Waals surface area contributed by atoms with Crippen LogP contribution in [0, 0.1) is 6.92 Å². The fourth-order valence-corrected chi connectivity index (χ4v) is 4.85. The molecule has 1 unspecified atom stereocenters. The lowest BCUT2D eigenvalue weighted by Gasteiger charge is -2.13. The van der Waals surface area contributed by atoms with Gasteiger partial charge in [0.25, 0.3) is 5.56 Å².